The number of nitrogens with two attached hydrogens (primary N) is 1. The van der Waals surface area contributed by atoms with Gasteiger partial charge in [0.15, 0.2) is 0 Å². The molecule has 2 heterocycles. The third kappa shape index (κ3) is 3.75. The van der Waals surface area contributed by atoms with E-state index < -0.39 is 0 Å². The smallest absolute Gasteiger partial charge is 0.253 e. The minimum absolute atomic E-state index is 0.177. The standard InChI is InChI=1S/C22H21N5O2/c1-27-13-26-19-11-16(15-3-5-17(29-2)6-4-15)10-18(21(19)27)22(28)25-12-14-7-8-24-20(23)9-14/h3-11,13H,12H2,1-2H3,(H2,23,24)(H,25,28). The number of methoxy groups -OCH3 is 1. The number of aryl methyl sites for hydroxylation is 1. The molecule has 7 heteroatoms. The summed E-state index contributed by atoms with van der Waals surface area (Å²) in [6.07, 6.45) is 3.34. The van der Waals surface area contributed by atoms with Crippen LogP contribution in [0.3, 0.4) is 0 Å². The van der Waals surface area contributed by atoms with E-state index in [4.69, 9.17) is 10.5 Å². The van der Waals surface area contributed by atoms with Gasteiger partial charge in [0.05, 0.1) is 30.0 Å². The minimum Gasteiger partial charge on any atom is -0.497 e. The van der Waals surface area contributed by atoms with Crippen molar-refractivity contribution in [1.82, 2.24) is 19.9 Å². The van der Waals surface area contributed by atoms with E-state index in [-0.39, 0.29) is 5.91 Å². The number of nitrogens with one attached hydrogen (secondary N) is 1. The Morgan fingerprint density at radius 2 is 1.90 bits per heavy atom. The van der Waals surface area contributed by atoms with Crippen LogP contribution >= 0.6 is 0 Å². The van der Waals surface area contributed by atoms with E-state index in [1.165, 1.54) is 0 Å². The number of nitrogen functional groups attached to an aromatic ring is 1. The SMILES string of the molecule is COc1ccc(-c2cc(C(=O)NCc3ccnc(N)c3)c3c(c2)ncn3C)cc1. The molecular weight excluding hydrogens is 366 g/mol. The zero-order chi connectivity index (χ0) is 20.4. The molecule has 0 fully saturated rings. The topological polar surface area (TPSA) is 95.1 Å². The Kier molecular flexibility index (Phi) is 4.87. The number of anilines is 1. The molecule has 146 valence electrons. The molecule has 0 aliphatic rings. The second-order valence-corrected chi connectivity index (χ2v) is 6.75. The molecular formula is C22H21N5O2. The molecule has 4 rings (SSSR count). The number of nitrogens with zero attached hydrogens (tertiary/aromatic N) is 3. The molecule has 1 amide bonds. The lowest BCUT2D eigenvalue weighted by Crippen LogP contribution is -2.23. The van der Waals surface area contributed by atoms with Crippen LogP contribution in [-0.4, -0.2) is 27.6 Å². The van der Waals surface area contributed by atoms with E-state index >= 15 is 0 Å². The molecule has 7 nitrogen and oxygen atoms in total. The first kappa shape index (κ1) is 18.5. The van der Waals surface area contributed by atoms with Crippen molar-refractivity contribution < 1.29 is 9.53 Å². The number of amides is 1. The maximum atomic E-state index is 13.0. The summed E-state index contributed by atoms with van der Waals surface area (Å²) in [6.45, 7) is 0.359. The molecule has 0 spiro atoms. The van der Waals surface area contributed by atoms with Gasteiger partial charge in [-0.1, -0.05) is 12.1 Å². The van der Waals surface area contributed by atoms with E-state index in [2.05, 4.69) is 15.3 Å². The number of hydrogen-bond donors (Lipinski definition) is 2. The number of fused-ring (bicyclic) bond motifs is 1. The highest BCUT2D eigenvalue weighted by atomic mass is 16.5. The summed E-state index contributed by atoms with van der Waals surface area (Å²) < 4.78 is 7.08. The van der Waals surface area contributed by atoms with Gasteiger partial charge in [-0.3, -0.25) is 4.79 Å². The fraction of sp³-hybridized carbons (Fsp3) is 0.136. The van der Waals surface area contributed by atoms with E-state index in [9.17, 15) is 4.79 Å². The van der Waals surface area contributed by atoms with Crippen molar-refractivity contribution in [3.8, 4) is 16.9 Å². The summed E-state index contributed by atoms with van der Waals surface area (Å²) in [5.41, 5.74) is 10.6. The fourth-order valence-corrected chi connectivity index (χ4v) is 3.30. The van der Waals surface area contributed by atoms with Gasteiger partial charge < -0.3 is 20.4 Å². The van der Waals surface area contributed by atoms with Crippen molar-refractivity contribution in [3.05, 3.63) is 72.2 Å². The number of carbonyl (C=O) groups excluding carboxylic acids is 1. The largest absolute Gasteiger partial charge is 0.497 e. The van der Waals surface area contributed by atoms with Crippen LogP contribution in [0.4, 0.5) is 5.82 Å². The minimum atomic E-state index is -0.177. The van der Waals surface area contributed by atoms with Crippen molar-refractivity contribution >= 4 is 22.8 Å². The predicted molar refractivity (Wildman–Crippen MR) is 113 cm³/mol. The van der Waals surface area contributed by atoms with E-state index in [1.807, 2.05) is 54.1 Å². The zero-order valence-electron chi connectivity index (χ0n) is 16.2. The van der Waals surface area contributed by atoms with E-state index in [0.29, 0.717) is 17.9 Å². The quantitative estimate of drug-likeness (QED) is 0.548. The van der Waals surface area contributed by atoms with Crippen molar-refractivity contribution in [2.24, 2.45) is 7.05 Å². The highest BCUT2D eigenvalue weighted by molar-refractivity contribution is 6.06. The maximum Gasteiger partial charge on any atom is 0.253 e. The summed E-state index contributed by atoms with van der Waals surface area (Å²) in [6, 6.07) is 15.2. The molecule has 2 aromatic heterocycles. The Hall–Kier alpha value is -3.87. The summed E-state index contributed by atoms with van der Waals surface area (Å²) in [7, 11) is 3.51. The van der Waals surface area contributed by atoms with Crippen molar-refractivity contribution in [1.29, 1.82) is 0 Å². The zero-order valence-corrected chi connectivity index (χ0v) is 16.2. The number of carbonyl (C=O) groups is 1. The van der Waals surface area contributed by atoms with Crippen molar-refractivity contribution in [2.75, 3.05) is 12.8 Å². The van der Waals surface area contributed by atoms with Gasteiger partial charge in [-0.15, -0.1) is 0 Å². The average Bonchev–Trinajstić information content (AvgIpc) is 3.12. The second kappa shape index (κ2) is 7.63. The van der Waals surface area contributed by atoms with Crippen molar-refractivity contribution in [3.63, 3.8) is 0 Å². The fourth-order valence-electron chi connectivity index (χ4n) is 3.30. The first-order chi connectivity index (χ1) is 14.0. The van der Waals surface area contributed by atoms with Gasteiger partial charge in [-0.05, 0) is 53.1 Å². The van der Waals surface area contributed by atoms with Gasteiger partial charge in [0.25, 0.3) is 5.91 Å². The predicted octanol–water partition coefficient (Wildman–Crippen LogP) is 3.16. The van der Waals surface area contributed by atoms with Crippen LogP contribution in [0.2, 0.25) is 0 Å². The number of benzene rings is 2. The monoisotopic (exact) mass is 387 g/mol. The lowest BCUT2D eigenvalue weighted by molar-refractivity contribution is 0.0952. The Bertz CT molecular complexity index is 1180. The van der Waals surface area contributed by atoms with Crippen LogP contribution < -0.4 is 15.8 Å². The number of imidazole rings is 1. The Morgan fingerprint density at radius 3 is 2.62 bits per heavy atom. The Morgan fingerprint density at radius 1 is 1.10 bits per heavy atom. The second-order valence-electron chi connectivity index (χ2n) is 6.75. The number of aromatic nitrogens is 3. The molecule has 4 aromatic rings. The van der Waals surface area contributed by atoms with Gasteiger partial charge in [-0.2, -0.15) is 0 Å². The van der Waals surface area contributed by atoms with Crippen LogP contribution in [0.1, 0.15) is 15.9 Å². The molecule has 0 bridgehead atoms. The number of ether oxygens (including phenoxy) is 1. The first-order valence-electron chi connectivity index (χ1n) is 9.13. The molecule has 0 radical (unpaired) electrons. The molecule has 29 heavy (non-hydrogen) atoms. The molecule has 0 atom stereocenters. The number of rotatable bonds is 5. The molecule has 3 N–H and O–H groups in total. The first-order valence-corrected chi connectivity index (χ1v) is 9.13. The van der Waals surface area contributed by atoms with E-state index in [0.717, 1.165) is 33.5 Å². The number of hydrogen-bond acceptors (Lipinski definition) is 5. The highest BCUT2D eigenvalue weighted by Gasteiger charge is 2.16. The molecule has 0 unspecified atom stereocenters. The highest BCUT2D eigenvalue weighted by Crippen LogP contribution is 2.28. The average molecular weight is 387 g/mol. The van der Waals surface area contributed by atoms with Crippen LogP contribution in [-0.2, 0) is 13.6 Å². The van der Waals surface area contributed by atoms with Gasteiger partial charge >= 0.3 is 0 Å². The van der Waals surface area contributed by atoms with Gasteiger partial charge in [0.1, 0.15) is 11.6 Å². The Balaban J connectivity index is 1.69. The third-order valence-electron chi connectivity index (χ3n) is 4.78. The molecule has 0 saturated carbocycles. The summed E-state index contributed by atoms with van der Waals surface area (Å²) in [5.74, 6) is 1.03. The maximum absolute atomic E-state index is 13.0. The molecule has 0 aliphatic carbocycles. The van der Waals surface area contributed by atoms with Gasteiger partial charge in [0, 0.05) is 19.8 Å². The van der Waals surface area contributed by atoms with E-state index in [1.54, 1.807) is 25.7 Å². The van der Waals surface area contributed by atoms with Crippen LogP contribution in [0.25, 0.3) is 22.2 Å². The summed E-state index contributed by atoms with van der Waals surface area (Å²) in [5, 5.41) is 2.97. The van der Waals surface area contributed by atoms with Gasteiger partial charge in [0.2, 0.25) is 0 Å². The Labute approximate surface area is 168 Å². The molecule has 0 saturated heterocycles. The van der Waals surface area contributed by atoms with Crippen LogP contribution in [0.15, 0.2) is 61.1 Å². The normalized spacial score (nSPS) is 10.8. The van der Waals surface area contributed by atoms with Crippen molar-refractivity contribution in [2.45, 2.75) is 6.54 Å². The summed E-state index contributed by atoms with van der Waals surface area (Å²) in [4.78, 5) is 21.4. The molecule has 0 aliphatic heterocycles. The van der Waals surface area contributed by atoms with Crippen LogP contribution in [0.5, 0.6) is 5.75 Å². The van der Waals surface area contributed by atoms with Gasteiger partial charge in [-0.25, -0.2) is 9.97 Å². The third-order valence-corrected chi connectivity index (χ3v) is 4.78. The lowest BCUT2D eigenvalue weighted by Gasteiger charge is -2.11. The van der Waals surface area contributed by atoms with Crippen LogP contribution in [0, 0.1) is 0 Å². The lowest BCUT2D eigenvalue weighted by atomic mass is 10.0. The summed E-state index contributed by atoms with van der Waals surface area (Å²) >= 11 is 0. The number of pyridine rings is 1. The molecule has 2 aromatic carbocycles.